The monoisotopic (exact) mass is 1110 g/mol. The van der Waals surface area contributed by atoms with E-state index in [-0.39, 0.29) is 59.8 Å². The standard InChI is InChI=1S/C26H26FN5O5.C16H19FN2O3.C11H11N3O5S/c27-16-1-3-22-18(9-16)20(10-25(36)37-22)28-11-21(33)15-5-7-30(8-6-15)13-17-14-31-23(34)4-2-19-26(31)32(17)24(35)12-29-19;17-11-1-2-15-12(7-11)13(8-16(21)22-15)19-9-14(20)10-3-5-18-6-4-10;1-20(17,18)19-6-7-5-13-9(15)3-2-8-11(13)14(7)10(16)4-12-8/h1-4,9-10,12,15,17,21,28,33H,5-8,11,13-14H2;1-2,7-8,10,14,18-20H,3-6,9H2;2-4,7H,5-6H2,1H3/t17-,21?;;7-/m1.0/s1. The second-order valence-corrected chi connectivity index (χ2v) is 21.7. The number of benzene rings is 2. The van der Waals surface area contributed by atoms with E-state index in [9.17, 15) is 56.2 Å². The third kappa shape index (κ3) is 12.1. The van der Waals surface area contributed by atoms with Gasteiger partial charge in [0.2, 0.25) is 0 Å². The second kappa shape index (κ2) is 22.9. The molecule has 0 spiro atoms. The molecule has 0 saturated carbocycles. The summed E-state index contributed by atoms with van der Waals surface area (Å²) in [6.45, 7) is 4.89. The zero-order valence-corrected chi connectivity index (χ0v) is 43.4. The minimum absolute atomic E-state index is 0.0469. The topological polar surface area (TPSA) is 297 Å². The number of nitrogens with zero attached hydrogens (tertiary/aromatic N) is 7. The zero-order valence-electron chi connectivity index (χ0n) is 42.6. The van der Waals surface area contributed by atoms with Gasteiger partial charge in [-0.1, -0.05) is 0 Å². The lowest BCUT2D eigenvalue weighted by molar-refractivity contribution is 0.0632. The number of aromatic nitrogens is 6. The fourth-order valence-corrected chi connectivity index (χ4v) is 11.3. The average Bonchev–Trinajstić information content (AvgIpc) is 4.28. The average molecular weight is 1110 g/mol. The van der Waals surface area contributed by atoms with E-state index in [1.165, 1.54) is 82.1 Å². The lowest BCUT2D eigenvalue weighted by Crippen LogP contribution is -2.42. The molecule has 8 aromatic rings. The van der Waals surface area contributed by atoms with Crippen LogP contribution in [0.1, 0.15) is 37.8 Å². The summed E-state index contributed by atoms with van der Waals surface area (Å²) in [6.07, 6.45) is 5.60. The third-order valence-corrected chi connectivity index (χ3v) is 15.4. The van der Waals surface area contributed by atoms with Gasteiger partial charge in [0.15, 0.2) is 0 Å². The van der Waals surface area contributed by atoms with Crippen molar-refractivity contribution in [3.63, 3.8) is 0 Å². The van der Waals surface area contributed by atoms with E-state index in [1.807, 2.05) is 0 Å². The summed E-state index contributed by atoms with van der Waals surface area (Å²) in [5, 5.41) is 31.4. The molecule has 23 nitrogen and oxygen atoms in total. The van der Waals surface area contributed by atoms with Crippen LogP contribution in [0, 0.1) is 23.5 Å². The maximum atomic E-state index is 13.7. The predicted octanol–water partition coefficient (Wildman–Crippen LogP) is 2.34. The summed E-state index contributed by atoms with van der Waals surface area (Å²) in [6, 6.07) is 15.8. The van der Waals surface area contributed by atoms with Gasteiger partial charge in [-0.05, 0) is 112 Å². The van der Waals surface area contributed by atoms with Crippen molar-refractivity contribution in [3.05, 3.63) is 159 Å². The van der Waals surface area contributed by atoms with Gasteiger partial charge in [0.05, 0.1) is 67.5 Å². The predicted molar refractivity (Wildman–Crippen MR) is 288 cm³/mol. The number of rotatable bonds is 13. The Morgan fingerprint density at radius 2 is 1.13 bits per heavy atom. The molecule has 5 N–H and O–H groups in total. The van der Waals surface area contributed by atoms with Crippen molar-refractivity contribution < 1.29 is 40.4 Å². The van der Waals surface area contributed by atoms with Crippen molar-refractivity contribution in [1.29, 1.82) is 0 Å². The van der Waals surface area contributed by atoms with Crippen LogP contribution in [0.5, 0.6) is 0 Å². The van der Waals surface area contributed by atoms with Crippen molar-refractivity contribution in [2.45, 2.75) is 63.1 Å². The van der Waals surface area contributed by atoms with Crippen LogP contribution in [0.2, 0.25) is 0 Å². The molecule has 0 radical (unpaired) electrons. The van der Waals surface area contributed by atoms with E-state index < -0.39 is 56.8 Å². The maximum absolute atomic E-state index is 13.7. The minimum atomic E-state index is -3.61. The Bertz CT molecular complexity index is 4080. The Morgan fingerprint density at radius 3 is 1.62 bits per heavy atom. The number of piperidine rings is 2. The quantitative estimate of drug-likeness (QED) is 0.0818. The Morgan fingerprint density at radius 1 is 0.658 bits per heavy atom. The lowest BCUT2D eigenvalue weighted by atomic mass is 9.91. The number of likely N-dealkylation sites (tertiary alicyclic amines) is 1. The maximum Gasteiger partial charge on any atom is 0.338 e. The van der Waals surface area contributed by atoms with Crippen molar-refractivity contribution in [2.24, 2.45) is 11.8 Å². The van der Waals surface area contributed by atoms with Gasteiger partial charge in [0.1, 0.15) is 45.1 Å². The van der Waals surface area contributed by atoms with Crippen LogP contribution in [0.3, 0.4) is 0 Å². The van der Waals surface area contributed by atoms with E-state index in [4.69, 9.17) is 13.0 Å². The van der Waals surface area contributed by atoms with Gasteiger partial charge in [-0.2, -0.15) is 8.42 Å². The molecule has 6 aromatic heterocycles. The fraction of sp³-hybridized carbons (Fsp3) is 0.396. The molecule has 416 valence electrons. The van der Waals surface area contributed by atoms with Gasteiger partial charge >= 0.3 is 11.3 Å². The lowest BCUT2D eigenvalue weighted by Gasteiger charge is -2.35. The van der Waals surface area contributed by atoms with Gasteiger partial charge in [-0.25, -0.2) is 28.3 Å². The molecule has 2 unspecified atom stereocenters. The molecule has 2 fully saturated rings. The summed E-state index contributed by atoms with van der Waals surface area (Å²) in [4.78, 5) is 82.6. The Kier molecular flexibility index (Phi) is 15.8. The molecule has 2 aromatic carbocycles. The van der Waals surface area contributed by atoms with Crippen LogP contribution >= 0.6 is 0 Å². The number of fused-ring (bicyclic) bond motifs is 2. The van der Waals surface area contributed by atoms with Gasteiger partial charge in [0.25, 0.3) is 32.4 Å². The van der Waals surface area contributed by atoms with Crippen LogP contribution in [-0.4, -0.2) is 123 Å². The van der Waals surface area contributed by atoms with E-state index in [0.29, 0.717) is 69.7 Å². The first-order valence-corrected chi connectivity index (χ1v) is 27.5. The fourth-order valence-electron chi connectivity index (χ4n) is 10.9. The summed E-state index contributed by atoms with van der Waals surface area (Å²) in [5.41, 5.74) is 1.55. The molecule has 2 saturated heterocycles. The molecule has 0 amide bonds. The molecule has 10 heterocycles. The first-order chi connectivity index (χ1) is 37.9. The molecule has 4 aliphatic heterocycles. The Balaban J connectivity index is 0.000000144. The van der Waals surface area contributed by atoms with Crippen LogP contribution in [-0.2, 0) is 27.4 Å². The summed E-state index contributed by atoms with van der Waals surface area (Å²) in [7, 11) is -3.61. The number of hydrogen-bond donors (Lipinski definition) is 5. The Labute approximate surface area is 446 Å². The van der Waals surface area contributed by atoms with Gasteiger partial charge in [0, 0.05) is 61.2 Å². The van der Waals surface area contributed by atoms with Gasteiger partial charge in [-0.3, -0.25) is 41.6 Å². The van der Waals surface area contributed by atoms with Crippen molar-refractivity contribution in [2.75, 3.05) is 69.3 Å². The molecular formula is C53H56F2N10O13S. The highest BCUT2D eigenvalue weighted by atomic mass is 32.2. The van der Waals surface area contributed by atoms with Crippen LogP contribution in [0.4, 0.5) is 20.2 Å². The summed E-state index contributed by atoms with van der Waals surface area (Å²) in [5.74, 6) is -0.562. The Hall–Kier alpha value is -7.75. The van der Waals surface area contributed by atoms with Crippen LogP contribution in [0.15, 0.2) is 123 Å². The largest absolute Gasteiger partial charge is 0.423 e. The number of anilines is 2. The first-order valence-electron chi connectivity index (χ1n) is 25.7. The normalized spacial score (nSPS) is 18.3. The highest BCUT2D eigenvalue weighted by Crippen LogP contribution is 2.29. The molecule has 12 rings (SSSR count). The first kappa shape index (κ1) is 54.6. The number of aliphatic hydroxyl groups is 2. The number of pyridine rings is 2. The highest BCUT2D eigenvalue weighted by molar-refractivity contribution is 7.86. The van der Waals surface area contributed by atoms with E-state index in [1.54, 1.807) is 15.2 Å². The number of hydrogen-bond acceptors (Lipinski definition) is 19. The molecular weight excluding hydrogens is 1050 g/mol. The second-order valence-electron chi connectivity index (χ2n) is 20.1. The number of halogens is 2. The molecule has 4 atom stereocenters. The van der Waals surface area contributed by atoms with E-state index in [2.05, 4.69) is 30.8 Å². The smallest absolute Gasteiger partial charge is 0.338 e. The minimum Gasteiger partial charge on any atom is -0.423 e. The zero-order chi connectivity index (χ0) is 55.7. The number of nitrogens with one attached hydrogen (secondary N) is 3. The van der Waals surface area contributed by atoms with E-state index in [0.717, 1.165) is 64.3 Å². The van der Waals surface area contributed by atoms with Crippen molar-refractivity contribution >= 4 is 65.8 Å². The van der Waals surface area contributed by atoms with Crippen molar-refractivity contribution in [1.82, 2.24) is 38.5 Å². The molecule has 0 bridgehead atoms. The summed E-state index contributed by atoms with van der Waals surface area (Å²) < 4.78 is 70.2. The van der Waals surface area contributed by atoms with E-state index >= 15 is 0 Å². The number of aliphatic hydroxyl groups excluding tert-OH is 2. The summed E-state index contributed by atoms with van der Waals surface area (Å²) >= 11 is 0. The van der Waals surface area contributed by atoms with Gasteiger partial charge in [-0.15, -0.1) is 0 Å². The third-order valence-electron chi connectivity index (χ3n) is 14.8. The van der Waals surface area contributed by atoms with Crippen molar-refractivity contribution in [3.8, 4) is 0 Å². The van der Waals surface area contributed by atoms with Crippen LogP contribution in [0.25, 0.3) is 44.3 Å². The molecule has 79 heavy (non-hydrogen) atoms. The van der Waals surface area contributed by atoms with Crippen LogP contribution < -0.4 is 49.4 Å². The molecule has 26 heteroatoms. The molecule has 4 aliphatic rings. The SMILES string of the molecule is CS(=O)(=O)OC[C@@H]1Cn2c(=O)ccc3ncc(=O)n1c32.O=c1cc(NCC(O)C2CCN(C[C@@H]3Cn4c(=O)ccc5ncc(=O)n3c54)CC2)c2cc(F)ccc2o1.O=c1cc(NCC(O)C2CCNCC2)c2cc(F)ccc2o1. The molecule has 0 aliphatic carbocycles. The highest BCUT2D eigenvalue weighted by Gasteiger charge is 2.32. The van der Waals surface area contributed by atoms with Gasteiger partial charge < -0.3 is 39.9 Å².